The van der Waals surface area contributed by atoms with Crippen molar-refractivity contribution >= 4 is 5.91 Å². The molecular formula is C14H19N3O2. The SMILES string of the molecule is O=C(C1CCOCC1)N1CCC[C@@H]1c1ccncn1. The fourth-order valence-corrected chi connectivity index (χ4v) is 3.02. The molecule has 1 amide bonds. The van der Waals surface area contributed by atoms with Crippen LogP contribution in [0.5, 0.6) is 0 Å². The summed E-state index contributed by atoms with van der Waals surface area (Å²) in [6, 6.07) is 2.05. The zero-order chi connectivity index (χ0) is 13.1. The quantitative estimate of drug-likeness (QED) is 0.811. The number of aromatic nitrogens is 2. The smallest absolute Gasteiger partial charge is 0.226 e. The number of carbonyl (C=O) groups excluding carboxylic acids is 1. The Hall–Kier alpha value is -1.49. The van der Waals surface area contributed by atoms with Crippen LogP contribution in [0.3, 0.4) is 0 Å². The Labute approximate surface area is 113 Å². The van der Waals surface area contributed by atoms with Gasteiger partial charge in [0.25, 0.3) is 0 Å². The maximum Gasteiger partial charge on any atom is 0.226 e. The minimum atomic E-state index is 0.135. The number of ether oxygens (including phenoxy) is 1. The van der Waals surface area contributed by atoms with E-state index in [1.807, 2.05) is 11.0 Å². The van der Waals surface area contributed by atoms with Gasteiger partial charge in [-0.1, -0.05) is 0 Å². The molecule has 3 rings (SSSR count). The van der Waals surface area contributed by atoms with Crippen molar-refractivity contribution in [3.05, 3.63) is 24.3 Å². The molecule has 1 atom stereocenters. The second-order valence-electron chi connectivity index (χ2n) is 5.21. The van der Waals surface area contributed by atoms with Gasteiger partial charge in [0, 0.05) is 31.9 Å². The van der Waals surface area contributed by atoms with Gasteiger partial charge in [-0.25, -0.2) is 9.97 Å². The van der Waals surface area contributed by atoms with Gasteiger partial charge in [0.1, 0.15) is 6.33 Å². The summed E-state index contributed by atoms with van der Waals surface area (Å²) in [5.74, 6) is 0.417. The third-order valence-electron chi connectivity index (χ3n) is 4.05. The first kappa shape index (κ1) is 12.5. The van der Waals surface area contributed by atoms with E-state index < -0.39 is 0 Å². The molecule has 0 aliphatic carbocycles. The Balaban J connectivity index is 1.74. The van der Waals surface area contributed by atoms with Crippen molar-refractivity contribution in [1.29, 1.82) is 0 Å². The van der Waals surface area contributed by atoms with Gasteiger partial charge in [-0.2, -0.15) is 0 Å². The van der Waals surface area contributed by atoms with Crippen molar-refractivity contribution in [2.75, 3.05) is 19.8 Å². The Morgan fingerprint density at radius 1 is 1.32 bits per heavy atom. The summed E-state index contributed by atoms with van der Waals surface area (Å²) in [5.41, 5.74) is 0.966. The van der Waals surface area contributed by atoms with Crippen molar-refractivity contribution in [1.82, 2.24) is 14.9 Å². The van der Waals surface area contributed by atoms with E-state index in [1.54, 1.807) is 12.5 Å². The standard InChI is InChI=1S/C14H19N3O2/c18-14(11-4-8-19-9-5-11)17-7-1-2-13(17)12-3-6-15-10-16-12/h3,6,10-11,13H,1-2,4-5,7-9H2/t13-/m1/s1. The molecule has 2 aliphatic rings. The number of rotatable bonds is 2. The molecule has 102 valence electrons. The van der Waals surface area contributed by atoms with Gasteiger partial charge in [-0.3, -0.25) is 4.79 Å². The summed E-state index contributed by atoms with van der Waals surface area (Å²) in [6.07, 6.45) is 7.08. The van der Waals surface area contributed by atoms with Gasteiger partial charge >= 0.3 is 0 Å². The molecule has 5 heteroatoms. The van der Waals surface area contributed by atoms with Crippen molar-refractivity contribution in [3.63, 3.8) is 0 Å². The van der Waals surface area contributed by atoms with E-state index in [0.29, 0.717) is 13.2 Å². The van der Waals surface area contributed by atoms with E-state index in [-0.39, 0.29) is 17.9 Å². The molecule has 2 aliphatic heterocycles. The lowest BCUT2D eigenvalue weighted by atomic mass is 9.98. The van der Waals surface area contributed by atoms with Crippen LogP contribution in [0.2, 0.25) is 0 Å². The maximum atomic E-state index is 12.6. The van der Waals surface area contributed by atoms with Crippen LogP contribution in [-0.4, -0.2) is 40.5 Å². The van der Waals surface area contributed by atoms with Crippen LogP contribution in [0.25, 0.3) is 0 Å². The Morgan fingerprint density at radius 3 is 2.89 bits per heavy atom. The van der Waals surface area contributed by atoms with E-state index >= 15 is 0 Å². The van der Waals surface area contributed by atoms with Crippen molar-refractivity contribution in [2.45, 2.75) is 31.7 Å². The van der Waals surface area contributed by atoms with Crippen molar-refractivity contribution in [3.8, 4) is 0 Å². The molecule has 0 saturated carbocycles. The van der Waals surface area contributed by atoms with E-state index in [4.69, 9.17) is 4.74 Å². The topological polar surface area (TPSA) is 55.3 Å². The zero-order valence-electron chi connectivity index (χ0n) is 11.0. The monoisotopic (exact) mass is 261 g/mol. The second kappa shape index (κ2) is 5.65. The van der Waals surface area contributed by atoms with Gasteiger partial charge in [0.15, 0.2) is 0 Å². The zero-order valence-corrected chi connectivity index (χ0v) is 11.0. The van der Waals surface area contributed by atoms with E-state index in [9.17, 15) is 4.79 Å². The molecule has 3 heterocycles. The number of carbonyl (C=O) groups is 1. The summed E-state index contributed by atoms with van der Waals surface area (Å²) < 4.78 is 5.33. The Morgan fingerprint density at radius 2 is 2.16 bits per heavy atom. The molecule has 19 heavy (non-hydrogen) atoms. The van der Waals surface area contributed by atoms with Crippen LogP contribution in [-0.2, 0) is 9.53 Å². The molecule has 0 radical (unpaired) electrons. The fraction of sp³-hybridized carbons (Fsp3) is 0.643. The lowest BCUT2D eigenvalue weighted by Crippen LogP contribution is -2.38. The third-order valence-corrected chi connectivity index (χ3v) is 4.05. The maximum absolute atomic E-state index is 12.6. The Bertz CT molecular complexity index is 432. The number of hydrogen-bond donors (Lipinski definition) is 0. The highest BCUT2D eigenvalue weighted by atomic mass is 16.5. The van der Waals surface area contributed by atoms with Crippen LogP contribution in [0.1, 0.15) is 37.4 Å². The summed E-state index contributed by atoms with van der Waals surface area (Å²) in [6.45, 7) is 2.27. The van der Waals surface area contributed by atoms with E-state index in [0.717, 1.165) is 37.9 Å². The van der Waals surface area contributed by atoms with Gasteiger partial charge in [-0.15, -0.1) is 0 Å². The fourth-order valence-electron chi connectivity index (χ4n) is 3.02. The first-order valence-corrected chi connectivity index (χ1v) is 7.00. The lowest BCUT2D eigenvalue weighted by Gasteiger charge is -2.30. The number of amides is 1. The molecule has 0 N–H and O–H groups in total. The molecule has 2 fully saturated rings. The summed E-state index contributed by atoms with van der Waals surface area (Å²) in [4.78, 5) is 22.9. The number of hydrogen-bond acceptors (Lipinski definition) is 4. The normalized spacial score (nSPS) is 24.6. The number of likely N-dealkylation sites (tertiary alicyclic amines) is 1. The molecule has 5 nitrogen and oxygen atoms in total. The van der Waals surface area contributed by atoms with Crippen molar-refractivity contribution < 1.29 is 9.53 Å². The molecule has 0 bridgehead atoms. The predicted molar refractivity (Wildman–Crippen MR) is 69.3 cm³/mol. The largest absolute Gasteiger partial charge is 0.381 e. The molecule has 0 unspecified atom stereocenters. The molecule has 0 aromatic carbocycles. The molecule has 2 saturated heterocycles. The minimum absolute atomic E-state index is 0.135. The Kier molecular flexibility index (Phi) is 3.73. The average molecular weight is 261 g/mol. The highest BCUT2D eigenvalue weighted by molar-refractivity contribution is 5.79. The predicted octanol–water partition coefficient (Wildman–Crippen LogP) is 1.57. The summed E-state index contributed by atoms with van der Waals surface area (Å²) in [5, 5.41) is 0. The van der Waals surface area contributed by atoms with Crippen LogP contribution in [0, 0.1) is 5.92 Å². The molecule has 1 aromatic rings. The van der Waals surface area contributed by atoms with E-state index in [1.165, 1.54) is 0 Å². The average Bonchev–Trinajstić information content (AvgIpc) is 2.98. The highest BCUT2D eigenvalue weighted by Crippen LogP contribution is 2.33. The summed E-state index contributed by atoms with van der Waals surface area (Å²) in [7, 11) is 0. The van der Waals surface area contributed by atoms with Gasteiger partial charge in [0.05, 0.1) is 11.7 Å². The first-order valence-electron chi connectivity index (χ1n) is 7.00. The number of nitrogens with zero attached hydrogens (tertiary/aromatic N) is 3. The minimum Gasteiger partial charge on any atom is -0.381 e. The van der Waals surface area contributed by atoms with Crippen LogP contribution in [0.15, 0.2) is 18.6 Å². The van der Waals surface area contributed by atoms with Gasteiger partial charge in [-0.05, 0) is 31.7 Å². The van der Waals surface area contributed by atoms with Crippen molar-refractivity contribution in [2.24, 2.45) is 5.92 Å². The third kappa shape index (κ3) is 2.61. The van der Waals surface area contributed by atoms with Crippen LogP contribution >= 0.6 is 0 Å². The summed E-state index contributed by atoms with van der Waals surface area (Å²) >= 11 is 0. The first-order chi connectivity index (χ1) is 9.36. The second-order valence-corrected chi connectivity index (χ2v) is 5.21. The lowest BCUT2D eigenvalue weighted by molar-refractivity contribution is -0.139. The molecule has 1 aromatic heterocycles. The molecule has 0 spiro atoms. The van der Waals surface area contributed by atoms with E-state index in [2.05, 4.69) is 9.97 Å². The van der Waals surface area contributed by atoms with Gasteiger partial charge < -0.3 is 9.64 Å². The van der Waals surface area contributed by atoms with Crippen LogP contribution < -0.4 is 0 Å². The molecular weight excluding hydrogens is 242 g/mol. The van der Waals surface area contributed by atoms with Gasteiger partial charge in [0.2, 0.25) is 5.91 Å². The highest BCUT2D eigenvalue weighted by Gasteiger charge is 2.35. The van der Waals surface area contributed by atoms with Crippen LogP contribution in [0.4, 0.5) is 0 Å².